The average molecular weight is 580 g/mol. The Labute approximate surface area is 179 Å². The van der Waals surface area contributed by atoms with Crippen molar-refractivity contribution in [2.45, 2.75) is 12.8 Å². The number of carbonyl (C=O) groups excluding carboxylic acids is 2. The molecule has 0 saturated carbocycles. The summed E-state index contributed by atoms with van der Waals surface area (Å²) in [7, 11) is 0. The second kappa shape index (κ2) is 11.0. The van der Waals surface area contributed by atoms with Crippen molar-refractivity contribution in [2.75, 3.05) is 22.1 Å². The number of halogens is 2. The van der Waals surface area contributed by atoms with Gasteiger partial charge in [-0.2, -0.15) is 11.8 Å². The van der Waals surface area contributed by atoms with Crippen molar-refractivity contribution >= 4 is 80.1 Å². The molecular formula is C18H18I2N2O2S. The molecule has 0 aliphatic rings. The average Bonchev–Trinajstić information content (AvgIpc) is 2.59. The van der Waals surface area contributed by atoms with Crippen molar-refractivity contribution in [3.8, 4) is 0 Å². The first kappa shape index (κ1) is 20.5. The quantitative estimate of drug-likeness (QED) is 0.342. The highest BCUT2D eigenvalue weighted by Gasteiger charge is 2.05. The largest absolute Gasteiger partial charge is 0.326 e. The smallest absolute Gasteiger partial charge is 0.225 e. The second-order valence-corrected chi connectivity index (χ2v) is 8.94. The molecule has 0 radical (unpaired) electrons. The van der Waals surface area contributed by atoms with Crippen molar-refractivity contribution in [1.29, 1.82) is 0 Å². The highest BCUT2D eigenvalue weighted by Crippen LogP contribution is 2.14. The van der Waals surface area contributed by atoms with Gasteiger partial charge in [-0.15, -0.1) is 0 Å². The molecule has 2 amide bonds. The zero-order valence-electron chi connectivity index (χ0n) is 13.4. The minimum Gasteiger partial charge on any atom is -0.326 e. The third-order valence-electron chi connectivity index (χ3n) is 3.20. The Morgan fingerprint density at radius 1 is 0.720 bits per heavy atom. The Bertz CT molecular complexity index is 645. The zero-order valence-corrected chi connectivity index (χ0v) is 18.6. The van der Waals surface area contributed by atoms with E-state index in [0.717, 1.165) is 18.5 Å². The molecule has 0 aliphatic carbocycles. The van der Waals surface area contributed by atoms with Crippen molar-refractivity contribution in [3.05, 3.63) is 55.7 Å². The molecular weight excluding hydrogens is 562 g/mol. The van der Waals surface area contributed by atoms with E-state index in [4.69, 9.17) is 0 Å². The first-order valence-corrected chi connectivity index (χ1v) is 11.0. The lowest BCUT2D eigenvalue weighted by molar-refractivity contribution is -0.116. The van der Waals surface area contributed by atoms with Gasteiger partial charge in [-0.25, -0.2) is 0 Å². The lowest BCUT2D eigenvalue weighted by atomic mass is 10.3. The molecule has 0 heterocycles. The first-order chi connectivity index (χ1) is 12.0. The summed E-state index contributed by atoms with van der Waals surface area (Å²) in [6, 6.07) is 15.4. The predicted octanol–water partition coefficient (Wildman–Crippen LogP) is 4.99. The molecule has 0 fully saturated rings. The number of rotatable bonds is 8. The minimum absolute atomic E-state index is 0.00273. The van der Waals surface area contributed by atoms with Gasteiger partial charge in [0, 0.05) is 42.9 Å². The molecule has 2 N–H and O–H groups in total. The van der Waals surface area contributed by atoms with Crippen molar-refractivity contribution < 1.29 is 9.59 Å². The van der Waals surface area contributed by atoms with Crippen LogP contribution in [-0.4, -0.2) is 23.3 Å². The van der Waals surface area contributed by atoms with E-state index < -0.39 is 0 Å². The second-order valence-electron chi connectivity index (χ2n) is 5.22. The van der Waals surface area contributed by atoms with Crippen LogP contribution in [0.4, 0.5) is 11.4 Å². The van der Waals surface area contributed by atoms with Gasteiger partial charge >= 0.3 is 0 Å². The summed E-state index contributed by atoms with van der Waals surface area (Å²) in [5.41, 5.74) is 1.62. The van der Waals surface area contributed by atoms with E-state index in [9.17, 15) is 9.59 Å². The van der Waals surface area contributed by atoms with E-state index in [2.05, 4.69) is 55.8 Å². The van der Waals surface area contributed by atoms with Crippen LogP contribution in [0, 0.1) is 7.14 Å². The van der Waals surface area contributed by atoms with Gasteiger partial charge in [0.15, 0.2) is 0 Å². The van der Waals surface area contributed by atoms with Crippen LogP contribution in [0.5, 0.6) is 0 Å². The molecule has 2 rings (SSSR count). The molecule has 4 nitrogen and oxygen atoms in total. The molecule has 132 valence electrons. The molecule has 7 heteroatoms. The number of benzene rings is 2. The molecule has 2 aromatic rings. The van der Waals surface area contributed by atoms with Gasteiger partial charge in [0.1, 0.15) is 0 Å². The molecule has 0 unspecified atom stereocenters. The number of anilines is 2. The summed E-state index contributed by atoms with van der Waals surface area (Å²) in [6.45, 7) is 0. The normalized spacial score (nSPS) is 10.3. The van der Waals surface area contributed by atoms with Crippen LogP contribution >= 0.6 is 56.9 Å². The minimum atomic E-state index is -0.00273. The van der Waals surface area contributed by atoms with E-state index in [1.165, 1.54) is 0 Å². The number of nitrogens with one attached hydrogen (secondary N) is 2. The predicted molar refractivity (Wildman–Crippen MR) is 122 cm³/mol. The van der Waals surface area contributed by atoms with Crippen LogP contribution in [0.25, 0.3) is 0 Å². The molecule has 0 bridgehead atoms. The van der Waals surface area contributed by atoms with Crippen LogP contribution in [0.15, 0.2) is 48.5 Å². The van der Waals surface area contributed by atoms with Gasteiger partial charge in [0.25, 0.3) is 0 Å². The highest BCUT2D eigenvalue weighted by molar-refractivity contribution is 14.1. The Hall–Kier alpha value is -0.810. The Kier molecular flexibility index (Phi) is 9.04. The maximum absolute atomic E-state index is 11.9. The topological polar surface area (TPSA) is 58.2 Å². The van der Waals surface area contributed by atoms with Crippen molar-refractivity contribution in [3.63, 3.8) is 0 Å². The number of carbonyl (C=O) groups is 2. The SMILES string of the molecule is O=C(CCSCCC(=O)Nc1ccc(I)cc1)Nc1ccc(I)cc1. The van der Waals surface area contributed by atoms with Gasteiger partial charge in [0.05, 0.1) is 0 Å². The van der Waals surface area contributed by atoms with Gasteiger partial charge in [-0.1, -0.05) is 0 Å². The van der Waals surface area contributed by atoms with Crippen molar-refractivity contribution in [1.82, 2.24) is 0 Å². The van der Waals surface area contributed by atoms with Crippen LogP contribution in [0.3, 0.4) is 0 Å². The lowest BCUT2D eigenvalue weighted by Crippen LogP contribution is -2.14. The zero-order chi connectivity index (χ0) is 18.1. The molecule has 0 saturated heterocycles. The molecule has 0 spiro atoms. The third-order valence-corrected chi connectivity index (χ3v) is 5.63. The highest BCUT2D eigenvalue weighted by atomic mass is 127. The van der Waals surface area contributed by atoms with Gasteiger partial charge in [-0.3, -0.25) is 9.59 Å². The molecule has 0 atom stereocenters. The fourth-order valence-corrected chi connectivity index (χ4v) is 3.53. The Morgan fingerprint density at radius 3 is 1.44 bits per heavy atom. The van der Waals surface area contributed by atoms with Gasteiger partial charge < -0.3 is 10.6 Å². The summed E-state index contributed by atoms with van der Waals surface area (Å²) >= 11 is 6.06. The number of amides is 2. The van der Waals surface area contributed by atoms with E-state index >= 15 is 0 Å². The van der Waals surface area contributed by atoms with Crippen LogP contribution in [-0.2, 0) is 9.59 Å². The maximum Gasteiger partial charge on any atom is 0.225 e. The first-order valence-electron chi connectivity index (χ1n) is 7.71. The lowest BCUT2D eigenvalue weighted by Gasteiger charge is -2.06. The number of hydrogen-bond acceptors (Lipinski definition) is 3. The van der Waals surface area contributed by atoms with Gasteiger partial charge in [0.2, 0.25) is 11.8 Å². The monoisotopic (exact) mass is 580 g/mol. The van der Waals surface area contributed by atoms with Gasteiger partial charge in [-0.05, 0) is 93.7 Å². The van der Waals surface area contributed by atoms with Crippen LogP contribution in [0.1, 0.15) is 12.8 Å². The molecule has 0 aromatic heterocycles. The fourth-order valence-electron chi connectivity index (χ4n) is 1.95. The van der Waals surface area contributed by atoms with E-state index in [0.29, 0.717) is 24.3 Å². The van der Waals surface area contributed by atoms with E-state index in [1.807, 2.05) is 48.5 Å². The van der Waals surface area contributed by atoms with Crippen LogP contribution < -0.4 is 10.6 Å². The summed E-state index contributed by atoms with van der Waals surface area (Å²) in [6.07, 6.45) is 0.880. The number of hydrogen-bond donors (Lipinski definition) is 2. The molecule has 25 heavy (non-hydrogen) atoms. The Balaban J connectivity index is 1.57. The Morgan fingerprint density at radius 2 is 1.08 bits per heavy atom. The van der Waals surface area contributed by atoms with Crippen LogP contribution in [0.2, 0.25) is 0 Å². The summed E-state index contributed by atoms with van der Waals surface area (Å²) in [5, 5.41) is 5.74. The number of thioether (sulfide) groups is 1. The third kappa shape index (κ3) is 8.41. The summed E-state index contributed by atoms with van der Waals surface area (Å²) < 4.78 is 2.27. The molecule has 0 aliphatic heterocycles. The summed E-state index contributed by atoms with van der Waals surface area (Å²) in [4.78, 5) is 23.7. The van der Waals surface area contributed by atoms with E-state index in [1.54, 1.807) is 11.8 Å². The standard InChI is InChI=1S/C18H18I2N2O2S/c19-13-1-5-15(6-2-13)21-17(23)9-11-25-12-10-18(24)22-16-7-3-14(20)4-8-16/h1-8H,9-12H2,(H,21,23)(H,22,24). The maximum atomic E-state index is 11.9. The van der Waals surface area contributed by atoms with E-state index in [-0.39, 0.29) is 11.8 Å². The summed E-state index contributed by atoms with van der Waals surface area (Å²) in [5.74, 6) is 1.40. The van der Waals surface area contributed by atoms with Crippen molar-refractivity contribution in [2.24, 2.45) is 0 Å². The molecule has 2 aromatic carbocycles. The fraction of sp³-hybridized carbons (Fsp3) is 0.222.